The van der Waals surface area contributed by atoms with Crippen molar-refractivity contribution in [2.75, 3.05) is 13.2 Å². The highest BCUT2D eigenvalue weighted by atomic mass is 16.5. The lowest BCUT2D eigenvalue weighted by molar-refractivity contribution is 0.266. The largest absolute Gasteiger partial charge is 0.508 e. The van der Waals surface area contributed by atoms with Crippen molar-refractivity contribution in [1.29, 1.82) is 0 Å². The molecule has 3 nitrogen and oxygen atoms in total. The maximum absolute atomic E-state index is 9.37. The third kappa shape index (κ3) is 5.28. The molecule has 0 saturated heterocycles. The molecule has 0 aliphatic heterocycles. The topological polar surface area (TPSA) is 38.7 Å². The van der Waals surface area contributed by atoms with Gasteiger partial charge in [0.15, 0.2) is 0 Å². The summed E-state index contributed by atoms with van der Waals surface area (Å²) in [5.74, 6) is 1.80. The first-order valence-electron chi connectivity index (χ1n) is 8.51. The van der Waals surface area contributed by atoms with Crippen LogP contribution in [0.3, 0.4) is 0 Å². The first kappa shape index (κ1) is 16.9. The molecule has 0 aliphatic carbocycles. The molecular weight excluding hydrogens is 312 g/mol. The third-order valence-electron chi connectivity index (χ3n) is 3.86. The molecule has 25 heavy (non-hydrogen) atoms. The summed E-state index contributed by atoms with van der Waals surface area (Å²) in [6.07, 6.45) is 1.82. The minimum Gasteiger partial charge on any atom is -0.508 e. The SMILES string of the molecule is Oc1cccc(OCCCCOc2ccc(-c3ccccc3)cc2)c1. The lowest BCUT2D eigenvalue weighted by atomic mass is 10.1. The Morgan fingerprint density at radius 1 is 0.600 bits per heavy atom. The lowest BCUT2D eigenvalue weighted by Gasteiger charge is -2.09. The van der Waals surface area contributed by atoms with Crippen molar-refractivity contribution in [3.63, 3.8) is 0 Å². The van der Waals surface area contributed by atoms with Gasteiger partial charge in [-0.15, -0.1) is 0 Å². The molecule has 0 amide bonds. The van der Waals surface area contributed by atoms with Crippen LogP contribution in [0.15, 0.2) is 78.9 Å². The fraction of sp³-hybridized carbons (Fsp3) is 0.182. The van der Waals surface area contributed by atoms with E-state index in [-0.39, 0.29) is 5.75 Å². The molecule has 0 radical (unpaired) electrons. The van der Waals surface area contributed by atoms with Crippen LogP contribution in [-0.4, -0.2) is 18.3 Å². The van der Waals surface area contributed by atoms with Gasteiger partial charge in [0.25, 0.3) is 0 Å². The van der Waals surface area contributed by atoms with Crippen molar-refractivity contribution in [3.8, 4) is 28.4 Å². The lowest BCUT2D eigenvalue weighted by Crippen LogP contribution is -2.02. The van der Waals surface area contributed by atoms with Gasteiger partial charge in [-0.3, -0.25) is 0 Å². The Morgan fingerprint density at radius 3 is 1.92 bits per heavy atom. The standard InChI is InChI=1S/C22H22O3/c23-20-9-6-10-22(17-20)25-16-5-4-15-24-21-13-11-19(12-14-21)18-7-2-1-3-8-18/h1-3,6-14,17,23H,4-5,15-16H2. The van der Waals surface area contributed by atoms with E-state index in [0.29, 0.717) is 19.0 Å². The highest BCUT2D eigenvalue weighted by Gasteiger charge is 1.99. The minimum atomic E-state index is 0.222. The normalized spacial score (nSPS) is 10.4. The van der Waals surface area contributed by atoms with Crippen LogP contribution in [0.4, 0.5) is 0 Å². The van der Waals surface area contributed by atoms with E-state index in [9.17, 15) is 5.11 Å². The van der Waals surface area contributed by atoms with Crippen LogP contribution in [0.2, 0.25) is 0 Å². The number of hydrogen-bond acceptors (Lipinski definition) is 3. The number of phenols is 1. The smallest absolute Gasteiger partial charge is 0.122 e. The molecular formula is C22H22O3. The van der Waals surface area contributed by atoms with E-state index in [0.717, 1.165) is 18.6 Å². The molecule has 0 spiro atoms. The first-order valence-corrected chi connectivity index (χ1v) is 8.51. The van der Waals surface area contributed by atoms with Gasteiger partial charge >= 0.3 is 0 Å². The second-order valence-electron chi connectivity index (χ2n) is 5.79. The van der Waals surface area contributed by atoms with E-state index >= 15 is 0 Å². The molecule has 0 heterocycles. The summed E-state index contributed by atoms with van der Waals surface area (Å²) in [5, 5.41) is 9.37. The predicted molar refractivity (Wildman–Crippen MR) is 100 cm³/mol. The van der Waals surface area contributed by atoms with Crippen molar-refractivity contribution in [3.05, 3.63) is 78.9 Å². The molecule has 0 atom stereocenters. The summed E-state index contributed by atoms with van der Waals surface area (Å²) in [7, 11) is 0. The van der Waals surface area contributed by atoms with Gasteiger partial charge in [0, 0.05) is 6.07 Å². The highest BCUT2D eigenvalue weighted by Crippen LogP contribution is 2.22. The summed E-state index contributed by atoms with van der Waals surface area (Å²) >= 11 is 0. The Hall–Kier alpha value is -2.94. The Labute approximate surface area is 148 Å². The Bertz CT molecular complexity index is 767. The Balaban J connectivity index is 1.36. The summed E-state index contributed by atoms with van der Waals surface area (Å²) in [5.41, 5.74) is 2.39. The number of aromatic hydroxyl groups is 1. The van der Waals surface area contributed by atoms with Crippen LogP contribution in [0.25, 0.3) is 11.1 Å². The van der Waals surface area contributed by atoms with E-state index in [1.165, 1.54) is 11.1 Å². The maximum atomic E-state index is 9.37. The van der Waals surface area contributed by atoms with E-state index in [1.807, 2.05) is 36.4 Å². The van der Waals surface area contributed by atoms with E-state index < -0.39 is 0 Å². The quantitative estimate of drug-likeness (QED) is 0.568. The molecule has 0 saturated carbocycles. The van der Waals surface area contributed by atoms with Crippen LogP contribution in [0.5, 0.6) is 17.2 Å². The molecule has 3 aromatic rings. The highest BCUT2D eigenvalue weighted by molar-refractivity contribution is 5.63. The fourth-order valence-electron chi connectivity index (χ4n) is 2.53. The third-order valence-corrected chi connectivity index (χ3v) is 3.86. The van der Waals surface area contributed by atoms with Gasteiger partial charge in [-0.05, 0) is 48.2 Å². The van der Waals surface area contributed by atoms with Gasteiger partial charge in [0.2, 0.25) is 0 Å². The number of ether oxygens (including phenoxy) is 2. The van der Waals surface area contributed by atoms with Crippen molar-refractivity contribution in [2.24, 2.45) is 0 Å². The molecule has 1 N–H and O–H groups in total. The van der Waals surface area contributed by atoms with Gasteiger partial charge in [0.1, 0.15) is 17.2 Å². The molecule has 3 rings (SSSR count). The molecule has 128 valence electrons. The molecule has 0 aromatic heterocycles. The minimum absolute atomic E-state index is 0.222. The monoisotopic (exact) mass is 334 g/mol. The van der Waals surface area contributed by atoms with Gasteiger partial charge in [0.05, 0.1) is 13.2 Å². The summed E-state index contributed by atoms with van der Waals surface area (Å²) < 4.78 is 11.4. The number of rotatable bonds is 8. The number of unbranched alkanes of at least 4 members (excludes halogenated alkanes) is 1. The van der Waals surface area contributed by atoms with Gasteiger partial charge in [-0.2, -0.15) is 0 Å². The van der Waals surface area contributed by atoms with Crippen molar-refractivity contribution in [1.82, 2.24) is 0 Å². The second-order valence-corrected chi connectivity index (χ2v) is 5.79. The zero-order valence-electron chi connectivity index (χ0n) is 14.1. The van der Waals surface area contributed by atoms with Gasteiger partial charge < -0.3 is 14.6 Å². The molecule has 0 unspecified atom stereocenters. The summed E-state index contributed by atoms with van der Waals surface area (Å²) in [4.78, 5) is 0. The maximum Gasteiger partial charge on any atom is 0.122 e. The summed E-state index contributed by atoms with van der Waals surface area (Å²) in [6, 6.07) is 25.3. The van der Waals surface area contributed by atoms with E-state index in [2.05, 4.69) is 24.3 Å². The first-order chi connectivity index (χ1) is 12.3. The van der Waals surface area contributed by atoms with Crippen molar-refractivity contribution < 1.29 is 14.6 Å². The molecule has 3 aromatic carbocycles. The average molecular weight is 334 g/mol. The summed E-state index contributed by atoms with van der Waals surface area (Å²) in [6.45, 7) is 1.27. The molecule has 0 aliphatic rings. The van der Waals surface area contributed by atoms with Gasteiger partial charge in [-0.25, -0.2) is 0 Å². The van der Waals surface area contributed by atoms with E-state index in [1.54, 1.807) is 18.2 Å². The van der Waals surface area contributed by atoms with Crippen LogP contribution < -0.4 is 9.47 Å². The Morgan fingerprint density at radius 2 is 1.24 bits per heavy atom. The zero-order chi connectivity index (χ0) is 17.3. The van der Waals surface area contributed by atoms with Crippen LogP contribution in [-0.2, 0) is 0 Å². The van der Waals surface area contributed by atoms with Crippen LogP contribution >= 0.6 is 0 Å². The Kier molecular flexibility index (Phi) is 5.94. The van der Waals surface area contributed by atoms with Crippen LogP contribution in [0.1, 0.15) is 12.8 Å². The molecule has 0 bridgehead atoms. The average Bonchev–Trinajstić information content (AvgIpc) is 2.66. The number of benzene rings is 3. The zero-order valence-corrected chi connectivity index (χ0v) is 14.1. The number of hydrogen-bond donors (Lipinski definition) is 1. The van der Waals surface area contributed by atoms with E-state index in [4.69, 9.17) is 9.47 Å². The van der Waals surface area contributed by atoms with Crippen molar-refractivity contribution in [2.45, 2.75) is 12.8 Å². The van der Waals surface area contributed by atoms with Crippen LogP contribution in [0, 0.1) is 0 Å². The fourth-order valence-corrected chi connectivity index (χ4v) is 2.53. The molecule has 0 fully saturated rings. The number of phenolic OH excluding ortho intramolecular Hbond substituents is 1. The van der Waals surface area contributed by atoms with Gasteiger partial charge in [-0.1, -0.05) is 48.5 Å². The molecule has 3 heteroatoms. The second kappa shape index (κ2) is 8.78. The predicted octanol–water partition coefficient (Wildman–Crippen LogP) is 5.30. The van der Waals surface area contributed by atoms with Crippen molar-refractivity contribution >= 4 is 0 Å².